The molecule has 0 spiro atoms. The minimum absolute atomic E-state index is 0.947. The van der Waals surface area contributed by atoms with Crippen LogP contribution in [0.4, 0.5) is 0 Å². The second-order valence-electron chi connectivity index (χ2n) is 2.61. The van der Waals surface area contributed by atoms with Gasteiger partial charge >= 0.3 is 0 Å². The van der Waals surface area contributed by atoms with Crippen molar-refractivity contribution in [2.75, 3.05) is 0 Å². The van der Waals surface area contributed by atoms with Gasteiger partial charge in [0.05, 0.1) is 0 Å². The second-order valence-corrected chi connectivity index (χ2v) is 5.81. The Labute approximate surface area is 78.1 Å². The van der Waals surface area contributed by atoms with Crippen molar-refractivity contribution in [3.8, 4) is 0 Å². The smallest absolute Gasteiger partial charge is 0.0230 e. The lowest BCUT2D eigenvalue weighted by Crippen LogP contribution is -2.01. The molecule has 1 aliphatic carbocycles. The molecule has 1 fully saturated rings. The van der Waals surface area contributed by atoms with Crippen molar-refractivity contribution in [2.24, 2.45) is 5.92 Å². The van der Waals surface area contributed by atoms with Crippen molar-refractivity contribution < 1.29 is 0 Å². The molecular weight excluding hydrogens is 326 g/mol. The van der Waals surface area contributed by atoms with Gasteiger partial charge in [-0.3, -0.25) is 0 Å². The van der Waals surface area contributed by atoms with Crippen LogP contribution in [0, 0.1) is 5.92 Å². The van der Waals surface area contributed by atoms with Crippen LogP contribution in [0.3, 0.4) is 0 Å². The number of hydrogen-bond donors (Lipinski definition) is 0. The third-order valence-electron chi connectivity index (χ3n) is 1.65. The molecule has 0 aromatic carbocycles. The standard InChI is InChI=1S/C6H10I2/c1-4-2-5(7)6(8)3-4/h4-6H,2-3H2,1H3. The van der Waals surface area contributed by atoms with Gasteiger partial charge in [-0.2, -0.15) is 0 Å². The third-order valence-corrected chi connectivity index (χ3v) is 5.78. The average molecular weight is 336 g/mol. The molecule has 0 saturated heterocycles. The SMILES string of the molecule is CC1CC(I)C(I)C1. The largest absolute Gasteiger partial charge is 0.0815 e. The summed E-state index contributed by atoms with van der Waals surface area (Å²) in [5, 5.41) is 0. The van der Waals surface area contributed by atoms with Crippen LogP contribution in [-0.2, 0) is 0 Å². The van der Waals surface area contributed by atoms with E-state index in [-0.39, 0.29) is 0 Å². The van der Waals surface area contributed by atoms with E-state index in [1.165, 1.54) is 12.8 Å². The van der Waals surface area contributed by atoms with E-state index in [0.29, 0.717) is 0 Å². The van der Waals surface area contributed by atoms with Gasteiger partial charge in [-0.25, -0.2) is 0 Å². The van der Waals surface area contributed by atoms with E-state index in [1.54, 1.807) is 0 Å². The van der Waals surface area contributed by atoms with Crippen molar-refractivity contribution >= 4 is 45.2 Å². The van der Waals surface area contributed by atoms with E-state index in [0.717, 1.165) is 13.8 Å². The summed E-state index contributed by atoms with van der Waals surface area (Å²) in [4.78, 5) is 0. The first-order chi connectivity index (χ1) is 3.70. The van der Waals surface area contributed by atoms with Crippen LogP contribution in [0.2, 0.25) is 0 Å². The van der Waals surface area contributed by atoms with Crippen LogP contribution >= 0.6 is 45.2 Å². The Morgan fingerprint density at radius 1 is 1.12 bits per heavy atom. The zero-order chi connectivity index (χ0) is 6.15. The van der Waals surface area contributed by atoms with Crippen molar-refractivity contribution in [3.05, 3.63) is 0 Å². The van der Waals surface area contributed by atoms with E-state index in [4.69, 9.17) is 0 Å². The fourth-order valence-corrected chi connectivity index (χ4v) is 3.48. The molecule has 0 nitrogen and oxygen atoms in total. The fraction of sp³-hybridized carbons (Fsp3) is 1.00. The lowest BCUT2D eigenvalue weighted by molar-refractivity contribution is 0.619. The minimum Gasteiger partial charge on any atom is -0.0815 e. The molecule has 0 heterocycles. The highest BCUT2D eigenvalue weighted by Gasteiger charge is 2.27. The molecule has 8 heavy (non-hydrogen) atoms. The van der Waals surface area contributed by atoms with Crippen LogP contribution in [0.5, 0.6) is 0 Å². The number of rotatable bonds is 0. The van der Waals surface area contributed by atoms with Crippen LogP contribution in [-0.4, -0.2) is 7.85 Å². The summed E-state index contributed by atoms with van der Waals surface area (Å²) < 4.78 is 1.89. The molecule has 0 N–H and O–H groups in total. The Hall–Kier alpha value is 1.46. The first kappa shape index (κ1) is 7.57. The lowest BCUT2D eigenvalue weighted by atomic mass is 10.2. The Bertz CT molecular complexity index is 72.6. The first-order valence-corrected chi connectivity index (χ1v) is 5.47. The molecule has 2 unspecified atom stereocenters. The van der Waals surface area contributed by atoms with Gasteiger partial charge < -0.3 is 0 Å². The number of hydrogen-bond acceptors (Lipinski definition) is 0. The van der Waals surface area contributed by atoms with Crippen molar-refractivity contribution in [3.63, 3.8) is 0 Å². The zero-order valence-corrected chi connectivity index (χ0v) is 9.22. The van der Waals surface area contributed by atoms with E-state index in [2.05, 4.69) is 52.1 Å². The highest BCUT2D eigenvalue weighted by molar-refractivity contribution is 14.1. The van der Waals surface area contributed by atoms with Gasteiger partial charge in [-0.1, -0.05) is 52.1 Å². The summed E-state index contributed by atoms with van der Waals surface area (Å²) >= 11 is 5.13. The molecule has 1 saturated carbocycles. The number of alkyl halides is 2. The van der Waals surface area contributed by atoms with Gasteiger partial charge in [0.15, 0.2) is 0 Å². The van der Waals surface area contributed by atoms with Crippen LogP contribution in [0.25, 0.3) is 0 Å². The predicted molar refractivity (Wildman–Crippen MR) is 54.0 cm³/mol. The van der Waals surface area contributed by atoms with Crippen LogP contribution in [0.1, 0.15) is 19.8 Å². The van der Waals surface area contributed by atoms with E-state index in [9.17, 15) is 0 Å². The molecule has 48 valence electrons. The van der Waals surface area contributed by atoms with Crippen molar-refractivity contribution in [1.29, 1.82) is 0 Å². The Morgan fingerprint density at radius 2 is 1.50 bits per heavy atom. The summed E-state index contributed by atoms with van der Waals surface area (Å²) in [5.74, 6) is 0.985. The molecule has 0 aromatic heterocycles. The van der Waals surface area contributed by atoms with E-state index >= 15 is 0 Å². The average Bonchev–Trinajstić information content (AvgIpc) is 1.85. The summed E-state index contributed by atoms with van der Waals surface area (Å²) in [6, 6.07) is 0. The Kier molecular flexibility index (Phi) is 2.87. The molecule has 0 amide bonds. The third kappa shape index (κ3) is 1.72. The molecule has 1 aliphatic rings. The summed E-state index contributed by atoms with van der Waals surface area (Å²) in [7, 11) is 0. The molecule has 0 bridgehead atoms. The zero-order valence-electron chi connectivity index (χ0n) is 4.90. The Morgan fingerprint density at radius 3 is 1.62 bits per heavy atom. The van der Waals surface area contributed by atoms with Crippen molar-refractivity contribution in [2.45, 2.75) is 27.6 Å². The minimum atomic E-state index is 0.947. The monoisotopic (exact) mass is 336 g/mol. The lowest BCUT2D eigenvalue weighted by Gasteiger charge is -2.00. The molecule has 1 rings (SSSR count). The summed E-state index contributed by atoms with van der Waals surface area (Å²) in [6.45, 7) is 2.35. The topological polar surface area (TPSA) is 0 Å². The van der Waals surface area contributed by atoms with Gasteiger partial charge in [0.1, 0.15) is 0 Å². The van der Waals surface area contributed by atoms with Crippen molar-refractivity contribution in [1.82, 2.24) is 0 Å². The van der Waals surface area contributed by atoms with Gasteiger partial charge in [0.25, 0.3) is 0 Å². The molecule has 0 aliphatic heterocycles. The van der Waals surface area contributed by atoms with Gasteiger partial charge in [-0.05, 0) is 18.8 Å². The quantitative estimate of drug-likeness (QED) is 0.471. The maximum absolute atomic E-state index is 2.57. The van der Waals surface area contributed by atoms with Gasteiger partial charge in [0.2, 0.25) is 0 Å². The summed E-state index contributed by atoms with van der Waals surface area (Å²) in [6.07, 6.45) is 2.88. The first-order valence-electron chi connectivity index (χ1n) is 2.98. The van der Waals surface area contributed by atoms with Gasteiger partial charge in [0, 0.05) is 7.85 Å². The van der Waals surface area contributed by atoms with Crippen LogP contribution in [0.15, 0.2) is 0 Å². The maximum Gasteiger partial charge on any atom is 0.0230 e. The van der Waals surface area contributed by atoms with Gasteiger partial charge in [-0.15, -0.1) is 0 Å². The van der Waals surface area contributed by atoms with E-state index < -0.39 is 0 Å². The number of halogens is 2. The normalized spacial score (nSPS) is 47.6. The fourth-order valence-electron chi connectivity index (χ4n) is 1.16. The van der Waals surface area contributed by atoms with E-state index in [1.807, 2.05) is 0 Å². The molecule has 0 radical (unpaired) electrons. The predicted octanol–water partition coefficient (Wildman–Crippen LogP) is 3.02. The molecule has 2 heteroatoms. The molecule has 0 aromatic rings. The second kappa shape index (κ2) is 3.03. The Balaban J connectivity index is 2.39. The van der Waals surface area contributed by atoms with Crippen LogP contribution < -0.4 is 0 Å². The highest BCUT2D eigenvalue weighted by Crippen LogP contribution is 2.35. The molecular formula is C6H10I2. The summed E-state index contributed by atoms with van der Waals surface area (Å²) in [5.41, 5.74) is 0. The molecule has 2 atom stereocenters. The maximum atomic E-state index is 2.57. The highest BCUT2D eigenvalue weighted by atomic mass is 127.